The molecule has 6 nitrogen and oxygen atoms in total. The third-order valence-electron chi connectivity index (χ3n) is 3.62. The molecule has 1 N–H and O–H groups in total. The van der Waals surface area contributed by atoms with E-state index in [1.165, 1.54) is 12.4 Å². The van der Waals surface area contributed by atoms with E-state index in [9.17, 15) is 4.79 Å². The molecular weight excluding hydrogens is 351 g/mol. The summed E-state index contributed by atoms with van der Waals surface area (Å²) < 4.78 is 5.29. The van der Waals surface area contributed by atoms with Crippen LogP contribution in [0.1, 0.15) is 22.3 Å². The molecule has 0 bridgehead atoms. The third-order valence-corrected chi connectivity index (χ3v) is 4.48. The summed E-state index contributed by atoms with van der Waals surface area (Å²) in [4.78, 5) is 22.3. The van der Waals surface area contributed by atoms with Gasteiger partial charge in [-0.05, 0) is 18.1 Å². The number of hydrogen-bond acceptors (Lipinski definition) is 5. The molecule has 1 amide bonds. The van der Waals surface area contributed by atoms with Crippen molar-refractivity contribution in [2.24, 2.45) is 0 Å². The Kier molecular flexibility index (Phi) is 5.50. The van der Waals surface area contributed by atoms with E-state index in [1.807, 2.05) is 12.1 Å². The number of carbonyl (C=O) groups excluding carboxylic acids is 1. The average molecular weight is 367 g/mol. The van der Waals surface area contributed by atoms with Crippen molar-refractivity contribution in [1.29, 1.82) is 0 Å². The molecule has 0 aliphatic carbocycles. The van der Waals surface area contributed by atoms with Crippen LogP contribution < -0.4 is 5.32 Å². The number of rotatable bonds is 4. The Balaban J connectivity index is 1.62. The van der Waals surface area contributed by atoms with Gasteiger partial charge in [-0.15, -0.1) is 0 Å². The fourth-order valence-corrected chi connectivity index (χ4v) is 2.72. The molecular formula is C16H16Cl2N4O2. The zero-order valence-corrected chi connectivity index (χ0v) is 14.3. The monoisotopic (exact) mass is 366 g/mol. The van der Waals surface area contributed by atoms with Gasteiger partial charge in [-0.1, -0.05) is 35.3 Å². The van der Waals surface area contributed by atoms with Crippen LogP contribution in [-0.4, -0.2) is 40.7 Å². The van der Waals surface area contributed by atoms with Crippen LogP contribution in [0.4, 0.5) is 5.95 Å². The molecule has 1 fully saturated rings. The first kappa shape index (κ1) is 17.0. The summed E-state index contributed by atoms with van der Waals surface area (Å²) in [7, 11) is 0. The number of anilines is 1. The Labute approximate surface area is 149 Å². The van der Waals surface area contributed by atoms with Gasteiger partial charge < -0.3 is 15.0 Å². The molecule has 2 heterocycles. The topological polar surface area (TPSA) is 67.4 Å². The van der Waals surface area contributed by atoms with Crippen molar-refractivity contribution >= 4 is 35.1 Å². The highest BCUT2D eigenvalue weighted by molar-refractivity contribution is 6.42. The second-order valence-electron chi connectivity index (χ2n) is 5.32. The number of halogens is 2. The van der Waals surface area contributed by atoms with Crippen LogP contribution >= 0.6 is 23.2 Å². The molecule has 0 radical (unpaired) electrons. The van der Waals surface area contributed by atoms with Gasteiger partial charge in [0, 0.05) is 25.5 Å². The molecule has 24 heavy (non-hydrogen) atoms. The first-order chi connectivity index (χ1) is 11.6. The van der Waals surface area contributed by atoms with E-state index < -0.39 is 0 Å². The highest BCUT2D eigenvalue weighted by Gasteiger charge is 2.19. The Bertz CT molecular complexity index is 719. The summed E-state index contributed by atoms with van der Waals surface area (Å²) in [6, 6.07) is 5.43. The Morgan fingerprint density at radius 1 is 1.29 bits per heavy atom. The zero-order chi connectivity index (χ0) is 16.9. The highest BCUT2D eigenvalue weighted by Crippen LogP contribution is 2.25. The summed E-state index contributed by atoms with van der Waals surface area (Å²) in [5.74, 6) is 0.289. The summed E-state index contributed by atoms with van der Waals surface area (Å²) in [6.45, 7) is 2.13. The third kappa shape index (κ3) is 3.95. The molecule has 0 atom stereocenters. The maximum atomic E-state index is 12.3. The molecule has 1 aliphatic heterocycles. The SMILES string of the molecule is O=C(c1cnc(NCc2cccc(Cl)c2Cl)nc1)N1CCCOC1. The van der Waals surface area contributed by atoms with E-state index in [-0.39, 0.29) is 5.91 Å². The number of carbonyl (C=O) groups is 1. The molecule has 3 rings (SSSR count). The van der Waals surface area contributed by atoms with E-state index in [1.54, 1.807) is 11.0 Å². The predicted molar refractivity (Wildman–Crippen MR) is 92.3 cm³/mol. The summed E-state index contributed by atoms with van der Waals surface area (Å²) in [5, 5.41) is 4.06. The maximum absolute atomic E-state index is 12.3. The lowest BCUT2D eigenvalue weighted by molar-refractivity contribution is -0.00575. The molecule has 1 aromatic heterocycles. The molecule has 0 spiro atoms. The van der Waals surface area contributed by atoms with Crippen LogP contribution in [0.2, 0.25) is 10.0 Å². The first-order valence-electron chi connectivity index (χ1n) is 7.51. The van der Waals surface area contributed by atoms with Gasteiger partial charge >= 0.3 is 0 Å². The van der Waals surface area contributed by atoms with Gasteiger partial charge in [0.2, 0.25) is 5.95 Å². The van der Waals surface area contributed by atoms with Crippen molar-refractivity contribution in [1.82, 2.24) is 14.9 Å². The molecule has 1 aliphatic rings. The van der Waals surface area contributed by atoms with Gasteiger partial charge in [-0.2, -0.15) is 0 Å². The molecule has 126 valence electrons. The van der Waals surface area contributed by atoms with E-state index in [2.05, 4.69) is 15.3 Å². The maximum Gasteiger partial charge on any atom is 0.258 e. The molecule has 8 heteroatoms. The predicted octanol–water partition coefficient (Wildman–Crippen LogP) is 3.22. The summed E-state index contributed by atoms with van der Waals surface area (Å²) >= 11 is 12.1. The number of hydrogen-bond donors (Lipinski definition) is 1. The van der Waals surface area contributed by atoms with E-state index in [0.29, 0.717) is 48.0 Å². The molecule has 1 saturated heterocycles. The zero-order valence-electron chi connectivity index (χ0n) is 12.8. The van der Waals surface area contributed by atoms with Gasteiger partial charge in [0.1, 0.15) is 6.73 Å². The van der Waals surface area contributed by atoms with Crippen molar-refractivity contribution in [2.45, 2.75) is 13.0 Å². The van der Waals surface area contributed by atoms with Gasteiger partial charge in [0.05, 0.1) is 22.2 Å². The fourth-order valence-electron chi connectivity index (χ4n) is 2.33. The minimum absolute atomic E-state index is 0.126. The normalized spacial score (nSPS) is 14.5. The van der Waals surface area contributed by atoms with Crippen molar-refractivity contribution in [2.75, 3.05) is 25.2 Å². The first-order valence-corrected chi connectivity index (χ1v) is 8.26. The lowest BCUT2D eigenvalue weighted by Gasteiger charge is -2.26. The van der Waals surface area contributed by atoms with Crippen molar-refractivity contribution < 1.29 is 9.53 Å². The van der Waals surface area contributed by atoms with E-state index >= 15 is 0 Å². The molecule has 0 unspecified atom stereocenters. The van der Waals surface area contributed by atoms with Crippen LogP contribution in [0.15, 0.2) is 30.6 Å². The van der Waals surface area contributed by atoms with Gasteiger partial charge in [0.15, 0.2) is 0 Å². The van der Waals surface area contributed by atoms with Crippen molar-refractivity contribution in [3.63, 3.8) is 0 Å². The number of benzene rings is 1. The Morgan fingerprint density at radius 3 is 2.79 bits per heavy atom. The fraction of sp³-hybridized carbons (Fsp3) is 0.312. The minimum atomic E-state index is -0.126. The highest BCUT2D eigenvalue weighted by atomic mass is 35.5. The lowest BCUT2D eigenvalue weighted by Crippen LogP contribution is -2.38. The van der Waals surface area contributed by atoms with E-state index in [0.717, 1.165) is 12.0 Å². The number of nitrogens with zero attached hydrogens (tertiary/aromatic N) is 3. The largest absolute Gasteiger partial charge is 0.361 e. The number of ether oxygens (including phenoxy) is 1. The second kappa shape index (κ2) is 7.79. The number of aromatic nitrogens is 2. The van der Waals surface area contributed by atoms with Crippen LogP contribution in [0.3, 0.4) is 0 Å². The Morgan fingerprint density at radius 2 is 2.08 bits per heavy atom. The van der Waals surface area contributed by atoms with Gasteiger partial charge in [0.25, 0.3) is 5.91 Å². The summed E-state index contributed by atoms with van der Waals surface area (Å²) in [5.41, 5.74) is 1.28. The van der Waals surface area contributed by atoms with Crippen LogP contribution in [0, 0.1) is 0 Å². The van der Waals surface area contributed by atoms with Gasteiger partial charge in [-0.25, -0.2) is 9.97 Å². The number of nitrogens with one attached hydrogen (secondary N) is 1. The number of amides is 1. The minimum Gasteiger partial charge on any atom is -0.361 e. The lowest BCUT2D eigenvalue weighted by atomic mass is 10.2. The Hall–Kier alpha value is -1.89. The van der Waals surface area contributed by atoms with Crippen molar-refractivity contribution in [3.8, 4) is 0 Å². The van der Waals surface area contributed by atoms with Gasteiger partial charge in [-0.3, -0.25) is 4.79 Å². The van der Waals surface area contributed by atoms with Crippen LogP contribution in [0.5, 0.6) is 0 Å². The molecule has 1 aromatic carbocycles. The average Bonchev–Trinajstić information content (AvgIpc) is 2.63. The van der Waals surface area contributed by atoms with Crippen LogP contribution in [-0.2, 0) is 11.3 Å². The second-order valence-corrected chi connectivity index (χ2v) is 6.11. The van der Waals surface area contributed by atoms with Crippen LogP contribution in [0.25, 0.3) is 0 Å². The standard InChI is InChI=1S/C16H16Cl2N4O2/c17-13-4-1-3-11(14(13)18)7-19-16-20-8-12(9-21-16)15(23)22-5-2-6-24-10-22/h1,3-4,8-9H,2,5-7,10H2,(H,19,20,21). The van der Waals surface area contributed by atoms with E-state index in [4.69, 9.17) is 27.9 Å². The molecule has 2 aromatic rings. The smallest absolute Gasteiger partial charge is 0.258 e. The summed E-state index contributed by atoms with van der Waals surface area (Å²) in [6.07, 6.45) is 3.85. The quantitative estimate of drug-likeness (QED) is 0.899. The molecule has 0 saturated carbocycles. The van der Waals surface area contributed by atoms with Crippen molar-refractivity contribution in [3.05, 3.63) is 51.8 Å².